The third-order valence-electron chi connectivity index (χ3n) is 3.40. The second-order valence-corrected chi connectivity index (χ2v) is 5.14. The fourth-order valence-electron chi connectivity index (χ4n) is 2.18. The van der Waals surface area contributed by atoms with Crippen molar-refractivity contribution in [2.45, 2.75) is 51.9 Å². The van der Waals surface area contributed by atoms with E-state index in [1.54, 1.807) is 7.11 Å². The van der Waals surface area contributed by atoms with Crippen LogP contribution in [0.1, 0.15) is 51.0 Å². The first kappa shape index (κ1) is 16.8. The third kappa shape index (κ3) is 6.29. The van der Waals surface area contributed by atoms with Crippen LogP contribution in [0.2, 0.25) is 0 Å². The molecule has 0 radical (unpaired) electrons. The molecule has 3 nitrogen and oxygen atoms in total. The molecular weight excluding hydrogens is 250 g/mol. The summed E-state index contributed by atoms with van der Waals surface area (Å²) in [6.45, 7) is 3.72. The zero-order valence-electron chi connectivity index (χ0n) is 13.0. The van der Waals surface area contributed by atoms with Crippen molar-refractivity contribution in [2.75, 3.05) is 20.3 Å². The van der Waals surface area contributed by atoms with E-state index in [1.807, 2.05) is 6.07 Å². The Morgan fingerprint density at radius 3 is 2.50 bits per heavy atom. The Balaban J connectivity index is 2.40. The molecule has 20 heavy (non-hydrogen) atoms. The number of benzene rings is 1. The van der Waals surface area contributed by atoms with Crippen molar-refractivity contribution in [2.24, 2.45) is 5.73 Å². The summed E-state index contributed by atoms with van der Waals surface area (Å²) in [6.07, 6.45) is 8.24. The number of nitrogens with two attached hydrogens (primary N) is 1. The molecule has 0 heterocycles. The highest BCUT2D eigenvalue weighted by molar-refractivity contribution is 5.43. The second kappa shape index (κ2) is 10.6. The van der Waals surface area contributed by atoms with Gasteiger partial charge in [0.05, 0.1) is 13.7 Å². The van der Waals surface area contributed by atoms with Crippen LogP contribution in [0.15, 0.2) is 18.2 Å². The van der Waals surface area contributed by atoms with Crippen LogP contribution in [0, 0.1) is 0 Å². The number of hydrogen-bond acceptors (Lipinski definition) is 3. The quantitative estimate of drug-likeness (QED) is 0.624. The van der Waals surface area contributed by atoms with Crippen molar-refractivity contribution in [3.8, 4) is 11.5 Å². The molecule has 1 aromatic rings. The zero-order chi connectivity index (χ0) is 14.6. The molecule has 0 atom stereocenters. The van der Waals surface area contributed by atoms with Gasteiger partial charge in [0.25, 0.3) is 0 Å². The zero-order valence-corrected chi connectivity index (χ0v) is 13.0. The number of ether oxygens (including phenoxy) is 2. The number of methoxy groups -OCH3 is 1. The van der Waals surface area contributed by atoms with Gasteiger partial charge >= 0.3 is 0 Å². The van der Waals surface area contributed by atoms with Gasteiger partial charge in [-0.2, -0.15) is 0 Å². The van der Waals surface area contributed by atoms with Crippen molar-refractivity contribution < 1.29 is 9.47 Å². The molecule has 1 rings (SSSR count). The molecule has 1 aromatic carbocycles. The fourth-order valence-corrected chi connectivity index (χ4v) is 2.18. The van der Waals surface area contributed by atoms with E-state index >= 15 is 0 Å². The molecule has 0 aromatic heterocycles. The molecule has 0 aliphatic rings. The Hall–Kier alpha value is -1.22. The van der Waals surface area contributed by atoms with Gasteiger partial charge in [0.2, 0.25) is 0 Å². The number of hydrogen-bond donors (Lipinski definition) is 1. The smallest absolute Gasteiger partial charge is 0.161 e. The van der Waals surface area contributed by atoms with E-state index < -0.39 is 0 Å². The van der Waals surface area contributed by atoms with Gasteiger partial charge in [-0.3, -0.25) is 0 Å². The van der Waals surface area contributed by atoms with E-state index in [0.29, 0.717) is 0 Å². The highest BCUT2D eigenvalue weighted by Crippen LogP contribution is 2.28. The molecule has 0 unspecified atom stereocenters. The maximum Gasteiger partial charge on any atom is 0.161 e. The standard InChI is InChI=1S/C17H29NO2/c1-3-4-5-6-7-13-20-16-11-10-15(9-8-12-18)14-17(16)19-2/h10-11,14H,3-9,12-13,18H2,1-2H3. The summed E-state index contributed by atoms with van der Waals surface area (Å²) in [7, 11) is 1.69. The number of unbranched alkanes of at least 4 members (excludes halogenated alkanes) is 4. The van der Waals surface area contributed by atoms with Crippen molar-refractivity contribution >= 4 is 0 Å². The van der Waals surface area contributed by atoms with E-state index in [9.17, 15) is 0 Å². The molecular formula is C17H29NO2. The van der Waals surface area contributed by atoms with Crippen molar-refractivity contribution in [3.63, 3.8) is 0 Å². The van der Waals surface area contributed by atoms with Crippen molar-refractivity contribution in [1.29, 1.82) is 0 Å². The van der Waals surface area contributed by atoms with Gasteiger partial charge in [-0.25, -0.2) is 0 Å². The largest absolute Gasteiger partial charge is 0.493 e. The second-order valence-electron chi connectivity index (χ2n) is 5.14. The predicted molar refractivity (Wildman–Crippen MR) is 84.6 cm³/mol. The normalized spacial score (nSPS) is 10.6. The Kier molecular flexibility index (Phi) is 8.88. The van der Waals surface area contributed by atoms with Crippen LogP contribution in [0.3, 0.4) is 0 Å². The van der Waals surface area contributed by atoms with Crippen molar-refractivity contribution in [3.05, 3.63) is 23.8 Å². The fraction of sp³-hybridized carbons (Fsp3) is 0.647. The van der Waals surface area contributed by atoms with E-state index in [2.05, 4.69) is 19.1 Å². The van der Waals surface area contributed by atoms with Gasteiger partial charge in [0.15, 0.2) is 11.5 Å². The average Bonchev–Trinajstić information content (AvgIpc) is 2.49. The molecule has 0 saturated carbocycles. The van der Waals surface area contributed by atoms with Gasteiger partial charge in [-0.05, 0) is 43.5 Å². The molecule has 0 aliphatic heterocycles. The van der Waals surface area contributed by atoms with Crippen LogP contribution in [0.25, 0.3) is 0 Å². The highest BCUT2D eigenvalue weighted by Gasteiger charge is 2.05. The Morgan fingerprint density at radius 2 is 1.80 bits per heavy atom. The average molecular weight is 279 g/mol. The van der Waals surface area contributed by atoms with Crippen LogP contribution in [-0.2, 0) is 6.42 Å². The summed E-state index contributed by atoms with van der Waals surface area (Å²) in [4.78, 5) is 0. The summed E-state index contributed by atoms with van der Waals surface area (Å²) in [5, 5.41) is 0. The summed E-state index contributed by atoms with van der Waals surface area (Å²) in [6, 6.07) is 6.17. The lowest BCUT2D eigenvalue weighted by Gasteiger charge is -2.12. The van der Waals surface area contributed by atoms with E-state index in [-0.39, 0.29) is 0 Å². The summed E-state index contributed by atoms with van der Waals surface area (Å²) in [5.41, 5.74) is 6.79. The molecule has 0 fully saturated rings. The van der Waals surface area contributed by atoms with Crippen LogP contribution >= 0.6 is 0 Å². The van der Waals surface area contributed by atoms with Gasteiger partial charge in [-0.15, -0.1) is 0 Å². The molecule has 0 amide bonds. The number of rotatable bonds is 11. The summed E-state index contributed by atoms with van der Waals surface area (Å²) >= 11 is 0. The maximum absolute atomic E-state index is 5.82. The van der Waals surface area contributed by atoms with Crippen LogP contribution < -0.4 is 15.2 Å². The van der Waals surface area contributed by atoms with E-state index in [1.165, 1.54) is 31.2 Å². The minimum atomic E-state index is 0.721. The molecule has 114 valence electrons. The first-order valence-corrected chi connectivity index (χ1v) is 7.81. The first-order valence-electron chi connectivity index (χ1n) is 7.81. The summed E-state index contributed by atoms with van der Waals surface area (Å²) in [5.74, 6) is 1.67. The molecule has 0 aliphatic carbocycles. The third-order valence-corrected chi connectivity index (χ3v) is 3.40. The van der Waals surface area contributed by atoms with Crippen LogP contribution in [0.4, 0.5) is 0 Å². The molecule has 3 heteroatoms. The first-order chi connectivity index (χ1) is 9.81. The highest BCUT2D eigenvalue weighted by atomic mass is 16.5. The monoisotopic (exact) mass is 279 g/mol. The SMILES string of the molecule is CCCCCCCOc1ccc(CCCN)cc1OC. The lowest BCUT2D eigenvalue weighted by molar-refractivity contribution is 0.284. The Morgan fingerprint density at radius 1 is 1.00 bits per heavy atom. The Bertz CT molecular complexity index is 366. The maximum atomic E-state index is 5.82. The van der Waals surface area contributed by atoms with Gasteiger partial charge < -0.3 is 15.2 Å². The lowest BCUT2D eigenvalue weighted by Crippen LogP contribution is -2.02. The molecule has 2 N–H and O–H groups in total. The minimum Gasteiger partial charge on any atom is -0.493 e. The Labute approximate surface area is 123 Å². The van der Waals surface area contributed by atoms with Crippen molar-refractivity contribution in [1.82, 2.24) is 0 Å². The van der Waals surface area contributed by atoms with Gasteiger partial charge in [0, 0.05) is 0 Å². The molecule has 0 saturated heterocycles. The van der Waals surface area contributed by atoms with Crippen LogP contribution in [0.5, 0.6) is 11.5 Å². The lowest BCUT2D eigenvalue weighted by atomic mass is 10.1. The predicted octanol–water partition coefficient (Wildman–Crippen LogP) is 3.94. The minimum absolute atomic E-state index is 0.721. The molecule has 0 spiro atoms. The molecule has 0 bridgehead atoms. The van der Waals surface area contributed by atoms with E-state index in [4.69, 9.17) is 15.2 Å². The van der Waals surface area contributed by atoms with Crippen LogP contribution in [-0.4, -0.2) is 20.3 Å². The van der Waals surface area contributed by atoms with E-state index in [0.717, 1.165) is 43.9 Å². The topological polar surface area (TPSA) is 44.5 Å². The summed E-state index contributed by atoms with van der Waals surface area (Å²) < 4.78 is 11.2. The van der Waals surface area contributed by atoms with Gasteiger partial charge in [0.1, 0.15) is 0 Å². The number of aryl methyl sites for hydroxylation is 1. The van der Waals surface area contributed by atoms with Gasteiger partial charge in [-0.1, -0.05) is 38.7 Å².